The molecule has 1 rings (SSSR count). The van der Waals surface area contributed by atoms with Crippen LogP contribution in [0.2, 0.25) is 0 Å². The summed E-state index contributed by atoms with van der Waals surface area (Å²) in [5.74, 6) is -2.04. The van der Waals surface area contributed by atoms with Crippen molar-refractivity contribution in [3.63, 3.8) is 0 Å². The maximum Gasteiger partial charge on any atom is 0.248 e. The van der Waals surface area contributed by atoms with Crippen molar-refractivity contribution in [3.8, 4) is 0 Å². The van der Waals surface area contributed by atoms with Gasteiger partial charge in [0.1, 0.15) is 0 Å². The molecule has 0 heterocycles. The van der Waals surface area contributed by atoms with Crippen LogP contribution in [-0.2, 0) is 0 Å². The van der Waals surface area contributed by atoms with Crippen molar-refractivity contribution in [3.05, 3.63) is 0 Å². The summed E-state index contributed by atoms with van der Waals surface area (Å²) in [6, 6.07) is 0. The first-order valence-electron chi connectivity index (χ1n) is 4.66. The molecule has 1 aliphatic rings. The number of halogens is 2. The van der Waals surface area contributed by atoms with Gasteiger partial charge in [-0.25, -0.2) is 8.78 Å². The summed E-state index contributed by atoms with van der Waals surface area (Å²) in [6.07, 6.45) is 2.29. The Balaban J connectivity index is 2.12. The molecule has 0 radical (unpaired) electrons. The minimum absolute atomic E-state index is 0.128. The van der Waals surface area contributed by atoms with E-state index in [9.17, 15) is 8.78 Å². The zero-order valence-corrected chi connectivity index (χ0v) is 8.16. The molecule has 0 nitrogen and oxygen atoms in total. The van der Waals surface area contributed by atoms with Crippen LogP contribution in [0.5, 0.6) is 0 Å². The van der Waals surface area contributed by atoms with Gasteiger partial charge in [0, 0.05) is 12.8 Å². The lowest BCUT2D eigenvalue weighted by Gasteiger charge is -2.36. The average Bonchev–Trinajstić information content (AvgIpc) is 1.76. The van der Waals surface area contributed by atoms with Gasteiger partial charge in [-0.1, -0.05) is 20.8 Å². The summed E-state index contributed by atoms with van der Waals surface area (Å²) in [4.78, 5) is 0. The first-order chi connectivity index (χ1) is 5.29. The highest BCUT2D eigenvalue weighted by Gasteiger charge is 2.44. The average molecular weight is 176 g/mol. The van der Waals surface area contributed by atoms with E-state index in [-0.39, 0.29) is 12.8 Å². The van der Waals surface area contributed by atoms with E-state index in [4.69, 9.17) is 0 Å². The Morgan fingerprint density at radius 1 is 1.25 bits per heavy atom. The van der Waals surface area contributed by atoms with Crippen LogP contribution < -0.4 is 0 Å². The fraction of sp³-hybridized carbons (Fsp3) is 1.00. The highest BCUT2D eigenvalue weighted by molar-refractivity contribution is 4.86. The molecule has 0 atom stereocenters. The van der Waals surface area contributed by atoms with Crippen molar-refractivity contribution in [1.29, 1.82) is 0 Å². The fourth-order valence-corrected chi connectivity index (χ4v) is 1.63. The first kappa shape index (κ1) is 9.94. The first-order valence-corrected chi connectivity index (χ1v) is 4.66. The second kappa shape index (κ2) is 2.97. The van der Waals surface area contributed by atoms with Crippen molar-refractivity contribution in [2.24, 2.45) is 11.3 Å². The van der Waals surface area contributed by atoms with Crippen LogP contribution in [0.25, 0.3) is 0 Å². The summed E-state index contributed by atoms with van der Waals surface area (Å²) in [6.45, 7) is 6.47. The highest BCUT2D eigenvalue weighted by atomic mass is 19.3. The lowest BCUT2D eigenvalue weighted by Crippen LogP contribution is -2.35. The molecular weight excluding hydrogens is 158 g/mol. The van der Waals surface area contributed by atoms with Crippen molar-refractivity contribution in [2.45, 2.75) is 52.4 Å². The van der Waals surface area contributed by atoms with Crippen molar-refractivity contribution in [1.82, 2.24) is 0 Å². The molecule has 0 unspecified atom stereocenters. The van der Waals surface area contributed by atoms with Gasteiger partial charge in [0.05, 0.1) is 0 Å². The summed E-state index contributed by atoms with van der Waals surface area (Å²) in [5, 5.41) is 0. The zero-order chi connectivity index (χ0) is 9.41. The molecule has 1 fully saturated rings. The molecule has 2 heteroatoms. The monoisotopic (exact) mass is 176 g/mol. The van der Waals surface area contributed by atoms with Crippen LogP contribution in [-0.4, -0.2) is 5.92 Å². The smallest absolute Gasteiger partial charge is 0.207 e. The molecule has 0 saturated heterocycles. The maximum atomic E-state index is 12.4. The molecule has 1 aliphatic carbocycles. The zero-order valence-electron chi connectivity index (χ0n) is 8.16. The van der Waals surface area contributed by atoms with Gasteiger partial charge in [0.15, 0.2) is 0 Å². The van der Waals surface area contributed by atoms with Gasteiger partial charge in [-0.05, 0) is 24.2 Å². The summed E-state index contributed by atoms with van der Waals surface area (Å²) in [7, 11) is 0. The van der Waals surface area contributed by atoms with E-state index in [0.29, 0.717) is 11.3 Å². The van der Waals surface area contributed by atoms with Crippen LogP contribution in [0.15, 0.2) is 0 Å². The Bertz CT molecular complexity index is 148. The van der Waals surface area contributed by atoms with E-state index in [1.165, 1.54) is 0 Å². The van der Waals surface area contributed by atoms with Crippen LogP contribution in [0, 0.1) is 11.3 Å². The van der Waals surface area contributed by atoms with Crippen LogP contribution in [0.1, 0.15) is 46.5 Å². The van der Waals surface area contributed by atoms with Gasteiger partial charge in [-0.2, -0.15) is 0 Å². The second-order valence-electron chi connectivity index (χ2n) is 5.23. The molecule has 0 aromatic rings. The molecule has 1 saturated carbocycles. The maximum absolute atomic E-state index is 12.4. The normalized spacial score (nSPS) is 23.8. The van der Waals surface area contributed by atoms with E-state index in [1.54, 1.807) is 0 Å². The Kier molecular flexibility index (Phi) is 2.46. The summed E-state index contributed by atoms with van der Waals surface area (Å²) in [5.41, 5.74) is 0.297. The molecule has 0 bridgehead atoms. The van der Waals surface area contributed by atoms with Gasteiger partial charge in [-0.3, -0.25) is 0 Å². The third kappa shape index (κ3) is 3.08. The fourth-order valence-electron chi connectivity index (χ4n) is 1.63. The van der Waals surface area contributed by atoms with E-state index >= 15 is 0 Å². The van der Waals surface area contributed by atoms with Gasteiger partial charge in [0.25, 0.3) is 0 Å². The minimum Gasteiger partial charge on any atom is -0.207 e. The SMILES string of the molecule is CC(C)(C)CCC1CC(F)(F)C1. The molecule has 72 valence electrons. The minimum atomic E-state index is -2.33. The molecule has 0 aromatic carbocycles. The van der Waals surface area contributed by atoms with Gasteiger partial charge in [-0.15, -0.1) is 0 Å². The van der Waals surface area contributed by atoms with Crippen LogP contribution in [0.3, 0.4) is 0 Å². The molecule has 0 spiro atoms. The molecule has 12 heavy (non-hydrogen) atoms. The lowest BCUT2D eigenvalue weighted by atomic mass is 9.75. The number of alkyl halides is 2. The number of rotatable bonds is 2. The third-order valence-corrected chi connectivity index (χ3v) is 2.48. The van der Waals surface area contributed by atoms with Gasteiger partial charge in [0.2, 0.25) is 5.92 Å². The predicted octanol–water partition coefficient (Wildman–Crippen LogP) is 3.86. The third-order valence-electron chi connectivity index (χ3n) is 2.48. The topological polar surface area (TPSA) is 0 Å². The second-order valence-corrected chi connectivity index (χ2v) is 5.23. The van der Waals surface area contributed by atoms with Crippen molar-refractivity contribution < 1.29 is 8.78 Å². The number of hydrogen-bond donors (Lipinski definition) is 0. The molecule has 0 N–H and O–H groups in total. The van der Waals surface area contributed by atoms with E-state index in [2.05, 4.69) is 20.8 Å². The Morgan fingerprint density at radius 3 is 2.08 bits per heavy atom. The Hall–Kier alpha value is -0.140. The largest absolute Gasteiger partial charge is 0.248 e. The van der Waals surface area contributed by atoms with Gasteiger partial charge >= 0.3 is 0 Å². The van der Waals surface area contributed by atoms with Crippen molar-refractivity contribution >= 4 is 0 Å². The van der Waals surface area contributed by atoms with Crippen LogP contribution >= 0.6 is 0 Å². The molecule has 0 amide bonds. The lowest BCUT2D eigenvalue weighted by molar-refractivity contribution is -0.113. The summed E-state index contributed by atoms with van der Waals surface area (Å²) >= 11 is 0. The van der Waals surface area contributed by atoms with Crippen molar-refractivity contribution in [2.75, 3.05) is 0 Å². The quantitative estimate of drug-likeness (QED) is 0.599. The molecule has 0 aromatic heterocycles. The summed E-state index contributed by atoms with van der Waals surface area (Å²) < 4.78 is 24.8. The van der Waals surface area contributed by atoms with E-state index in [1.807, 2.05) is 0 Å². The van der Waals surface area contributed by atoms with E-state index < -0.39 is 5.92 Å². The predicted molar refractivity (Wildman–Crippen MR) is 46.4 cm³/mol. The van der Waals surface area contributed by atoms with Crippen LogP contribution in [0.4, 0.5) is 8.78 Å². The number of hydrogen-bond acceptors (Lipinski definition) is 0. The van der Waals surface area contributed by atoms with Gasteiger partial charge < -0.3 is 0 Å². The highest BCUT2D eigenvalue weighted by Crippen LogP contribution is 2.45. The Labute approximate surface area is 73.3 Å². The van der Waals surface area contributed by atoms with E-state index in [0.717, 1.165) is 12.8 Å². The standard InChI is InChI=1S/C10H18F2/c1-9(2,3)5-4-8-6-10(11,12)7-8/h8H,4-7H2,1-3H3. The molecule has 0 aliphatic heterocycles. The Morgan fingerprint density at radius 2 is 1.75 bits per heavy atom. The molecular formula is C10H18F2.